The summed E-state index contributed by atoms with van der Waals surface area (Å²) in [5.41, 5.74) is 3.99. The van der Waals surface area contributed by atoms with Crippen LogP contribution in [-0.4, -0.2) is 0 Å². The Hall–Kier alpha value is -2.48. The number of hydrogen-bond donors (Lipinski definition) is 0. The predicted octanol–water partition coefficient (Wildman–Crippen LogP) is 4.61. The number of rotatable bonds is 6. The molecule has 2 heterocycles. The SMILES string of the molecule is C[n+]1ccc(-c2cc[n+](CCCCc3ccc[cH-]3)cc2)cc1.[Fe+2].c1cc[cH-]c1. The molecule has 0 saturated heterocycles. The van der Waals surface area contributed by atoms with Gasteiger partial charge in [-0.05, 0) is 17.5 Å². The molecule has 0 aliphatic carbocycles. The predicted molar refractivity (Wildman–Crippen MR) is 110 cm³/mol. The van der Waals surface area contributed by atoms with E-state index < -0.39 is 0 Å². The summed E-state index contributed by atoms with van der Waals surface area (Å²) in [6.07, 6.45) is 12.2. The molecule has 0 saturated carbocycles. The third-order valence-electron chi connectivity index (χ3n) is 4.62. The third-order valence-corrected chi connectivity index (χ3v) is 4.62. The van der Waals surface area contributed by atoms with E-state index in [1.807, 2.05) is 37.4 Å². The van der Waals surface area contributed by atoms with Crippen LogP contribution in [0.2, 0.25) is 0 Å². The molecule has 0 N–H and O–H groups in total. The number of nitrogens with zero attached hydrogens (tertiary/aromatic N) is 2. The number of aromatic nitrogens is 2. The largest absolute Gasteiger partial charge is 2.00 e. The summed E-state index contributed by atoms with van der Waals surface area (Å²) in [6.45, 7) is 1.09. The number of aryl methyl sites for hydroxylation is 3. The fourth-order valence-corrected chi connectivity index (χ4v) is 3.02. The zero-order valence-electron chi connectivity index (χ0n) is 16.4. The van der Waals surface area contributed by atoms with Gasteiger partial charge in [-0.2, -0.15) is 35.9 Å². The molecule has 0 aliphatic heterocycles. The van der Waals surface area contributed by atoms with Gasteiger partial charge in [0.15, 0.2) is 24.8 Å². The molecule has 0 aliphatic rings. The van der Waals surface area contributed by atoms with Crippen LogP contribution in [0.5, 0.6) is 0 Å². The van der Waals surface area contributed by atoms with Crippen LogP contribution in [0, 0.1) is 0 Å². The molecule has 0 radical (unpaired) electrons. The second-order valence-corrected chi connectivity index (χ2v) is 6.79. The van der Waals surface area contributed by atoms with E-state index in [9.17, 15) is 0 Å². The molecule has 3 heteroatoms. The molecule has 0 bridgehead atoms. The number of hydrogen-bond acceptors (Lipinski definition) is 0. The van der Waals surface area contributed by atoms with E-state index in [1.165, 1.54) is 36.0 Å². The zero-order valence-corrected chi connectivity index (χ0v) is 17.5. The fourth-order valence-electron chi connectivity index (χ4n) is 3.02. The van der Waals surface area contributed by atoms with Crippen LogP contribution >= 0.6 is 0 Å². The second-order valence-electron chi connectivity index (χ2n) is 6.79. The van der Waals surface area contributed by atoms with Crippen molar-refractivity contribution < 1.29 is 26.2 Å². The van der Waals surface area contributed by atoms with Gasteiger partial charge in [0.2, 0.25) is 0 Å². The molecule has 0 fully saturated rings. The van der Waals surface area contributed by atoms with Crippen molar-refractivity contribution in [3.05, 3.63) is 109 Å². The molecule has 28 heavy (non-hydrogen) atoms. The summed E-state index contributed by atoms with van der Waals surface area (Å²) < 4.78 is 4.33. The minimum atomic E-state index is 0. The van der Waals surface area contributed by atoms with E-state index in [-0.39, 0.29) is 17.1 Å². The Morgan fingerprint density at radius 1 is 0.750 bits per heavy atom. The minimum absolute atomic E-state index is 0. The maximum atomic E-state index is 2.28. The molecule has 4 rings (SSSR count). The van der Waals surface area contributed by atoms with Crippen molar-refractivity contribution in [3.63, 3.8) is 0 Å². The Balaban J connectivity index is 0.000000408. The van der Waals surface area contributed by atoms with E-state index in [2.05, 4.69) is 82.5 Å². The smallest absolute Gasteiger partial charge is 0.214 e. The Bertz CT molecular complexity index is 844. The van der Waals surface area contributed by atoms with Gasteiger partial charge in [0.1, 0.15) is 13.6 Å². The van der Waals surface area contributed by atoms with Gasteiger partial charge in [0, 0.05) is 30.7 Å². The van der Waals surface area contributed by atoms with Crippen LogP contribution in [0.15, 0.2) is 104 Å². The maximum Gasteiger partial charge on any atom is 2.00 e. The van der Waals surface area contributed by atoms with Crippen molar-refractivity contribution in [1.29, 1.82) is 0 Å². The van der Waals surface area contributed by atoms with Gasteiger partial charge >= 0.3 is 17.1 Å². The van der Waals surface area contributed by atoms with Crippen LogP contribution in [0.3, 0.4) is 0 Å². The molecule has 0 atom stereocenters. The van der Waals surface area contributed by atoms with Gasteiger partial charge in [-0.25, -0.2) is 33.4 Å². The van der Waals surface area contributed by atoms with Crippen molar-refractivity contribution in [3.8, 4) is 11.1 Å². The Labute approximate surface area is 179 Å². The summed E-state index contributed by atoms with van der Waals surface area (Å²) in [4.78, 5) is 0. The Morgan fingerprint density at radius 2 is 1.39 bits per heavy atom. The van der Waals surface area contributed by atoms with Gasteiger partial charge in [-0.3, -0.25) is 0 Å². The standard InChI is InChI=1S/C20H23N2.C5H5.Fe/c1-21-14-9-19(10-15-21)20-11-16-22(17-12-20)13-5-4-8-18-6-2-3-7-18;1-2-4-5-3-1;/h2-3,6-7,9-12,14-17H,4-5,8,13H2,1H3;1-5H;/q+1;-1;+2. The van der Waals surface area contributed by atoms with Crippen LogP contribution in [0.4, 0.5) is 0 Å². The van der Waals surface area contributed by atoms with E-state index in [0.717, 1.165) is 6.54 Å². The van der Waals surface area contributed by atoms with Crippen LogP contribution in [0.25, 0.3) is 11.1 Å². The first-order chi connectivity index (χ1) is 13.3. The molecule has 0 amide bonds. The molecular weight excluding hydrogens is 384 g/mol. The molecule has 144 valence electrons. The quantitative estimate of drug-likeness (QED) is 0.189. The first kappa shape index (κ1) is 21.8. The zero-order chi connectivity index (χ0) is 18.7. The van der Waals surface area contributed by atoms with Crippen molar-refractivity contribution in [2.24, 2.45) is 7.05 Å². The van der Waals surface area contributed by atoms with Gasteiger partial charge < -0.3 is 0 Å². The molecule has 0 unspecified atom stereocenters. The Morgan fingerprint density at radius 3 is 1.93 bits per heavy atom. The third kappa shape index (κ3) is 7.26. The normalized spacial score (nSPS) is 9.89. The van der Waals surface area contributed by atoms with Crippen molar-refractivity contribution >= 4 is 0 Å². The van der Waals surface area contributed by atoms with E-state index in [0.29, 0.717) is 0 Å². The van der Waals surface area contributed by atoms with E-state index >= 15 is 0 Å². The average molecular weight is 412 g/mol. The van der Waals surface area contributed by atoms with E-state index in [4.69, 9.17) is 0 Å². The van der Waals surface area contributed by atoms with Crippen LogP contribution in [0.1, 0.15) is 18.4 Å². The van der Waals surface area contributed by atoms with Crippen LogP contribution in [-0.2, 0) is 37.1 Å². The van der Waals surface area contributed by atoms with Gasteiger partial charge in [0.25, 0.3) is 0 Å². The van der Waals surface area contributed by atoms with Crippen molar-refractivity contribution in [1.82, 2.24) is 0 Å². The summed E-state index contributed by atoms with van der Waals surface area (Å²) in [7, 11) is 2.04. The molecule has 2 aromatic heterocycles. The van der Waals surface area contributed by atoms with Gasteiger partial charge in [-0.15, -0.1) is 0 Å². The average Bonchev–Trinajstić information content (AvgIpc) is 3.43. The summed E-state index contributed by atoms with van der Waals surface area (Å²) in [5, 5.41) is 0. The Kier molecular flexibility index (Phi) is 9.41. The van der Waals surface area contributed by atoms with Gasteiger partial charge in [0.05, 0.1) is 0 Å². The molecule has 4 aromatic rings. The van der Waals surface area contributed by atoms with Crippen molar-refractivity contribution in [2.45, 2.75) is 25.8 Å². The summed E-state index contributed by atoms with van der Waals surface area (Å²) in [6, 6.07) is 27.4. The second kappa shape index (κ2) is 12.1. The van der Waals surface area contributed by atoms with Crippen molar-refractivity contribution in [2.75, 3.05) is 0 Å². The first-order valence-electron chi connectivity index (χ1n) is 9.63. The minimum Gasteiger partial charge on any atom is -0.214 e. The van der Waals surface area contributed by atoms with Gasteiger partial charge in [-0.1, -0.05) is 6.42 Å². The first-order valence-corrected chi connectivity index (χ1v) is 9.63. The molecular formula is C25H28FeN2+2. The molecule has 2 nitrogen and oxygen atoms in total. The molecule has 0 spiro atoms. The monoisotopic (exact) mass is 412 g/mol. The number of pyridine rings is 2. The maximum absolute atomic E-state index is 2.28. The van der Waals surface area contributed by atoms with Crippen LogP contribution < -0.4 is 9.13 Å². The van der Waals surface area contributed by atoms with E-state index in [1.54, 1.807) is 0 Å². The fraction of sp³-hybridized carbons (Fsp3) is 0.200. The molecule has 2 aromatic carbocycles. The number of unbranched alkanes of at least 4 members (excludes halogenated alkanes) is 1. The summed E-state index contributed by atoms with van der Waals surface area (Å²) >= 11 is 0. The topological polar surface area (TPSA) is 7.76 Å². The summed E-state index contributed by atoms with van der Waals surface area (Å²) in [5.74, 6) is 0.